The first-order chi connectivity index (χ1) is 10.9. The Hall–Kier alpha value is -2.15. The van der Waals surface area contributed by atoms with E-state index in [1.54, 1.807) is 0 Å². The lowest BCUT2D eigenvalue weighted by molar-refractivity contribution is -0.297. The standard InChI is InChI=1S/C16H20N2O4S/c1-2-3-9-4-5-10-11(8-9)23-16(14(10)15(17)22)18-12(19)6-7-13(20)21/h6-7,9H,2-5,8H2,1H3,(H2,17,22)(H,18,19)(H,20,21)/p-1/t9-/m1/s1. The largest absolute Gasteiger partial charge is 0.545 e. The van der Waals surface area contributed by atoms with Gasteiger partial charge in [-0.25, -0.2) is 0 Å². The molecule has 6 nitrogen and oxygen atoms in total. The van der Waals surface area contributed by atoms with E-state index in [4.69, 9.17) is 5.73 Å². The molecular formula is C16H19N2O4S-. The van der Waals surface area contributed by atoms with E-state index in [1.807, 2.05) is 0 Å². The quantitative estimate of drug-likeness (QED) is 0.755. The number of aliphatic carboxylic acids is 1. The van der Waals surface area contributed by atoms with Crippen LogP contribution in [0.15, 0.2) is 12.2 Å². The Morgan fingerprint density at radius 2 is 2.13 bits per heavy atom. The maximum absolute atomic E-state index is 11.8. The van der Waals surface area contributed by atoms with Gasteiger partial charge in [0, 0.05) is 11.0 Å². The summed E-state index contributed by atoms with van der Waals surface area (Å²) in [5.41, 5.74) is 6.75. The van der Waals surface area contributed by atoms with Crippen LogP contribution in [0.25, 0.3) is 0 Å². The number of hydrogen-bond acceptors (Lipinski definition) is 5. The van der Waals surface area contributed by atoms with Crippen molar-refractivity contribution in [2.24, 2.45) is 11.7 Å². The number of nitrogens with one attached hydrogen (secondary N) is 1. The molecule has 0 bridgehead atoms. The molecule has 1 heterocycles. The molecule has 1 aliphatic carbocycles. The van der Waals surface area contributed by atoms with Gasteiger partial charge in [0.2, 0.25) is 5.91 Å². The van der Waals surface area contributed by atoms with Crippen molar-refractivity contribution in [2.75, 3.05) is 5.32 Å². The summed E-state index contributed by atoms with van der Waals surface area (Å²) in [7, 11) is 0. The molecular weight excluding hydrogens is 316 g/mol. The smallest absolute Gasteiger partial charge is 0.251 e. The molecule has 3 N–H and O–H groups in total. The van der Waals surface area contributed by atoms with Gasteiger partial charge in [-0.15, -0.1) is 11.3 Å². The summed E-state index contributed by atoms with van der Waals surface area (Å²) in [5, 5.41) is 13.3. The number of thiophene rings is 1. The van der Waals surface area contributed by atoms with Crippen molar-refractivity contribution in [3.05, 3.63) is 28.2 Å². The first kappa shape index (κ1) is 17.2. The summed E-state index contributed by atoms with van der Waals surface area (Å²) in [6.45, 7) is 2.15. The lowest BCUT2D eigenvalue weighted by Gasteiger charge is -2.21. The predicted molar refractivity (Wildman–Crippen MR) is 86.0 cm³/mol. The van der Waals surface area contributed by atoms with Crippen molar-refractivity contribution >= 4 is 34.1 Å². The van der Waals surface area contributed by atoms with E-state index in [0.717, 1.165) is 48.6 Å². The van der Waals surface area contributed by atoms with Crippen LogP contribution in [-0.4, -0.2) is 17.8 Å². The van der Waals surface area contributed by atoms with Crippen LogP contribution in [0.3, 0.4) is 0 Å². The molecule has 0 spiro atoms. The molecule has 0 aromatic carbocycles. The molecule has 1 aromatic rings. The number of carbonyl (C=O) groups excluding carboxylic acids is 3. The fourth-order valence-electron chi connectivity index (χ4n) is 2.95. The number of carbonyl (C=O) groups is 3. The number of carboxylic acids is 1. The normalized spacial score (nSPS) is 17.0. The topological polar surface area (TPSA) is 112 Å². The Kier molecular flexibility index (Phi) is 5.54. The zero-order valence-electron chi connectivity index (χ0n) is 12.9. The van der Waals surface area contributed by atoms with Crippen LogP contribution in [0.4, 0.5) is 5.00 Å². The highest BCUT2D eigenvalue weighted by atomic mass is 32.1. The van der Waals surface area contributed by atoms with Gasteiger partial charge in [0.25, 0.3) is 5.91 Å². The van der Waals surface area contributed by atoms with Crippen molar-refractivity contribution in [3.8, 4) is 0 Å². The monoisotopic (exact) mass is 335 g/mol. The van der Waals surface area contributed by atoms with E-state index in [2.05, 4.69) is 12.2 Å². The van der Waals surface area contributed by atoms with Crippen LogP contribution in [0, 0.1) is 5.92 Å². The molecule has 0 unspecified atom stereocenters. The molecule has 1 aromatic heterocycles. The number of anilines is 1. The number of hydrogen-bond donors (Lipinski definition) is 2. The van der Waals surface area contributed by atoms with Gasteiger partial charge in [-0.1, -0.05) is 19.8 Å². The summed E-state index contributed by atoms with van der Waals surface area (Å²) < 4.78 is 0. The van der Waals surface area contributed by atoms with Gasteiger partial charge in [0.15, 0.2) is 0 Å². The third kappa shape index (κ3) is 4.19. The molecule has 2 rings (SSSR count). The molecule has 1 aliphatic rings. The molecule has 23 heavy (non-hydrogen) atoms. The fraction of sp³-hybridized carbons (Fsp3) is 0.438. The predicted octanol–water partition coefficient (Wildman–Crippen LogP) is 0.997. The van der Waals surface area contributed by atoms with Crippen molar-refractivity contribution < 1.29 is 19.5 Å². The van der Waals surface area contributed by atoms with Gasteiger partial charge in [0.05, 0.1) is 11.5 Å². The van der Waals surface area contributed by atoms with E-state index >= 15 is 0 Å². The highest BCUT2D eigenvalue weighted by Gasteiger charge is 2.28. The number of nitrogens with two attached hydrogens (primary N) is 1. The molecule has 124 valence electrons. The average molecular weight is 335 g/mol. The van der Waals surface area contributed by atoms with E-state index in [0.29, 0.717) is 22.6 Å². The van der Waals surface area contributed by atoms with Crippen molar-refractivity contribution in [2.45, 2.75) is 39.0 Å². The minimum atomic E-state index is -1.46. The van der Waals surface area contributed by atoms with Crippen LogP contribution in [0.2, 0.25) is 0 Å². The molecule has 0 saturated carbocycles. The van der Waals surface area contributed by atoms with Crippen molar-refractivity contribution in [3.63, 3.8) is 0 Å². The zero-order chi connectivity index (χ0) is 17.0. The van der Waals surface area contributed by atoms with Gasteiger partial charge in [-0.3, -0.25) is 9.59 Å². The summed E-state index contributed by atoms with van der Waals surface area (Å²) in [6.07, 6.45) is 6.43. The van der Waals surface area contributed by atoms with E-state index in [1.165, 1.54) is 11.3 Å². The van der Waals surface area contributed by atoms with Crippen LogP contribution in [0.5, 0.6) is 0 Å². The van der Waals surface area contributed by atoms with Gasteiger partial charge in [-0.2, -0.15) is 0 Å². The average Bonchev–Trinajstić information content (AvgIpc) is 2.82. The number of fused-ring (bicyclic) bond motifs is 1. The summed E-state index contributed by atoms with van der Waals surface area (Å²) in [6, 6.07) is 0. The number of rotatable bonds is 6. The van der Waals surface area contributed by atoms with Gasteiger partial charge < -0.3 is 21.0 Å². The van der Waals surface area contributed by atoms with Crippen molar-refractivity contribution in [1.82, 2.24) is 0 Å². The van der Waals surface area contributed by atoms with Gasteiger partial charge in [0.1, 0.15) is 5.00 Å². The minimum Gasteiger partial charge on any atom is -0.545 e. The van der Waals surface area contributed by atoms with E-state index in [9.17, 15) is 19.5 Å². The van der Waals surface area contributed by atoms with Crippen molar-refractivity contribution in [1.29, 1.82) is 0 Å². The highest BCUT2D eigenvalue weighted by molar-refractivity contribution is 7.17. The second-order valence-electron chi connectivity index (χ2n) is 5.61. The lowest BCUT2D eigenvalue weighted by atomic mass is 9.84. The second kappa shape index (κ2) is 7.41. The SMILES string of the molecule is CCC[C@@H]1CCc2c(sc(NC(=O)C=CC(=O)[O-])c2C(N)=O)C1. The Bertz CT molecular complexity index is 663. The minimum absolute atomic E-state index is 0.357. The first-order valence-corrected chi connectivity index (χ1v) is 8.38. The molecule has 7 heteroatoms. The van der Waals surface area contributed by atoms with E-state index in [-0.39, 0.29) is 0 Å². The third-order valence-electron chi connectivity index (χ3n) is 3.92. The van der Waals surface area contributed by atoms with Gasteiger partial charge in [-0.05, 0) is 36.8 Å². The zero-order valence-corrected chi connectivity index (χ0v) is 13.7. The summed E-state index contributed by atoms with van der Waals surface area (Å²) >= 11 is 1.35. The number of carboxylic acid groups (broad SMARTS) is 1. The fourth-order valence-corrected chi connectivity index (χ4v) is 4.33. The maximum atomic E-state index is 11.8. The highest BCUT2D eigenvalue weighted by Crippen LogP contribution is 2.40. The maximum Gasteiger partial charge on any atom is 0.251 e. The molecule has 0 saturated heterocycles. The van der Waals surface area contributed by atoms with E-state index < -0.39 is 17.8 Å². The number of amides is 2. The first-order valence-electron chi connectivity index (χ1n) is 7.56. The Morgan fingerprint density at radius 1 is 1.39 bits per heavy atom. The van der Waals surface area contributed by atoms with Crippen LogP contribution < -0.4 is 16.2 Å². The number of primary amides is 1. The molecule has 2 amide bonds. The Balaban J connectivity index is 2.25. The molecule has 0 radical (unpaired) electrons. The second-order valence-corrected chi connectivity index (χ2v) is 6.72. The lowest BCUT2D eigenvalue weighted by Crippen LogP contribution is -2.21. The van der Waals surface area contributed by atoms with Crippen LogP contribution >= 0.6 is 11.3 Å². The third-order valence-corrected chi connectivity index (χ3v) is 5.09. The Morgan fingerprint density at radius 3 is 2.74 bits per heavy atom. The Labute approximate surface area is 138 Å². The van der Waals surface area contributed by atoms with Crippen LogP contribution in [-0.2, 0) is 22.4 Å². The molecule has 1 atom stereocenters. The van der Waals surface area contributed by atoms with Crippen LogP contribution in [0.1, 0.15) is 47.0 Å². The summed E-state index contributed by atoms with van der Waals surface area (Å²) in [5.74, 6) is -2.06. The summed E-state index contributed by atoms with van der Waals surface area (Å²) in [4.78, 5) is 34.9. The van der Waals surface area contributed by atoms with Gasteiger partial charge >= 0.3 is 0 Å². The molecule has 0 fully saturated rings. The molecule has 0 aliphatic heterocycles.